The molecule has 0 radical (unpaired) electrons. The molecule has 0 saturated carbocycles. The molecule has 2 N–H and O–H groups in total. The summed E-state index contributed by atoms with van der Waals surface area (Å²) in [7, 11) is 0. The Bertz CT molecular complexity index is 431. The fraction of sp³-hybridized carbons (Fsp3) is 0.667. The Labute approximate surface area is 129 Å². The van der Waals surface area contributed by atoms with E-state index in [-0.39, 0.29) is 0 Å². The quantitative estimate of drug-likeness (QED) is 0.904. The van der Waals surface area contributed by atoms with E-state index in [9.17, 15) is 0 Å². The lowest BCUT2D eigenvalue weighted by Gasteiger charge is -2.38. The summed E-state index contributed by atoms with van der Waals surface area (Å²) >= 11 is 0. The van der Waals surface area contributed by atoms with E-state index in [0.717, 1.165) is 30.4 Å². The van der Waals surface area contributed by atoms with Crippen molar-refractivity contribution < 1.29 is 4.74 Å². The van der Waals surface area contributed by atoms with Crippen LogP contribution in [-0.2, 0) is 6.54 Å². The van der Waals surface area contributed by atoms with Gasteiger partial charge in [-0.2, -0.15) is 0 Å². The van der Waals surface area contributed by atoms with E-state index >= 15 is 0 Å². The topological polar surface area (TPSA) is 38.5 Å². The molecule has 3 heteroatoms. The van der Waals surface area contributed by atoms with Crippen molar-refractivity contribution in [1.29, 1.82) is 0 Å². The SMILES string of the molecule is CC(C)(C)C1CCN(CCOc2ccccc2CN)CC1. The van der Waals surface area contributed by atoms with Gasteiger partial charge in [0.25, 0.3) is 0 Å². The van der Waals surface area contributed by atoms with Gasteiger partial charge in [0, 0.05) is 18.7 Å². The molecule has 1 aliphatic heterocycles. The van der Waals surface area contributed by atoms with Crippen molar-refractivity contribution in [2.75, 3.05) is 26.2 Å². The Kier molecular flexibility index (Phi) is 5.65. The zero-order valence-corrected chi connectivity index (χ0v) is 13.8. The van der Waals surface area contributed by atoms with Gasteiger partial charge in [0.1, 0.15) is 12.4 Å². The highest BCUT2D eigenvalue weighted by molar-refractivity contribution is 5.32. The molecule has 0 bridgehead atoms. The third-order valence-corrected chi connectivity index (χ3v) is 4.67. The minimum Gasteiger partial charge on any atom is -0.492 e. The van der Waals surface area contributed by atoms with E-state index < -0.39 is 0 Å². The van der Waals surface area contributed by atoms with Crippen LogP contribution in [0.2, 0.25) is 0 Å². The second kappa shape index (κ2) is 7.28. The second-order valence-electron chi connectivity index (χ2n) is 7.14. The van der Waals surface area contributed by atoms with Gasteiger partial charge < -0.3 is 10.5 Å². The summed E-state index contributed by atoms with van der Waals surface area (Å²) in [5.74, 6) is 1.79. The molecule has 1 aromatic rings. The maximum atomic E-state index is 5.90. The predicted molar refractivity (Wildman–Crippen MR) is 88.4 cm³/mol. The van der Waals surface area contributed by atoms with Crippen molar-refractivity contribution in [2.24, 2.45) is 17.1 Å². The van der Waals surface area contributed by atoms with Gasteiger partial charge in [0.15, 0.2) is 0 Å². The monoisotopic (exact) mass is 290 g/mol. The Balaban J connectivity index is 1.73. The summed E-state index contributed by atoms with van der Waals surface area (Å²) in [5.41, 5.74) is 7.26. The molecular weight excluding hydrogens is 260 g/mol. The van der Waals surface area contributed by atoms with Crippen LogP contribution in [0.3, 0.4) is 0 Å². The highest BCUT2D eigenvalue weighted by atomic mass is 16.5. The second-order valence-corrected chi connectivity index (χ2v) is 7.14. The maximum absolute atomic E-state index is 5.90. The number of ether oxygens (including phenoxy) is 1. The number of nitrogens with two attached hydrogens (primary N) is 1. The molecular formula is C18H30N2O. The molecule has 0 spiro atoms. The molecule has 1 aromatic carbocycles. The van der Waals surface area contributed by atoms with Crippen LogP contribution >= 0.6 is 0 Å². The summed E-state index contributed by atoms with van der Waals surface area (Å²) in [6, 6.07) is 8.05. The van der Waals surface area contributed by atoms with Crippen molar-refractivity contribution in [3.63, 3.8) is 0 Å². The number of para-hydroxylation sites is 1. The lowest BCUT2D eigenvalue weighted by molar-refractivity contribution is 0.101. The number of rotatable bonds is 5. The smallest absolute Gasteiger partial charge is 0.123 e. The first kappa shape index (κ1) is 16.3. The number of hydrogen-bond donors (Lipinski definition) is 1. The maximum Gasteiger partial charge on any atom is 0.123 e. The molecule has 0 atom stereocenters. The van der Waals surface area contributed by atoms with Crippen LogP contribution in [0.25, 0.3) is 0 Å². The summed E-state index contributed by atoms with van der Waals surface area (Å²) in [6.45, 7) is 11.8. The zero-order valence-electron chi connectivity index (χ0n) is 13.8. The molecule has 3 nitrogen and oxygen atoms in total. The van der Waals surface area contributed by atoms with Crippen LogP contribution in [0.1, 0.15) is 39.2 Å². The first-order valence-corrected chi connectivity index (χ1v) is 8.14. The molecule has 1 saturated heterocycles. The normalized spacial score (nSPS) is 17.9. The van der Waals surface area contributed by atoms with Crippen molar-refractivity contribution >= 4 is 0 Å². The molecule has 118 valence electrons. The van der Waals surface area contributed by atoms with Crippen LogP contribution in [0.5, 0.6) is 5.75 Å². The third kappa shape index (κ3) is 4.72. The number of nitrogens with zero attached hydrogens (tertiary/aromatic N) is 1. The Morgan fingerprint density at radius 1 is 1.19 bits per heavy atom. The van der Waals surface area contributed by atoms with Gasteiger partial charge in [-0.1, -0.05) is 39.0 Å². The van der Waals surface area contributed by atoms with Gasteiger partial charge >= 0.3 is 0 Å². The largest absolute Gasteiger partial charge is 0.492 e. The van der Waals surface area contributed by atoms with Crippen LogP contribution in [0, 0.1) is 11.3 Å². The van der Waals surface area contributed by atoms with Crippen LogP contribution < -0.4 is 10.5 Å². The molecule has 0 aromatic heterocycles. The molecule has 1 fully saturated rings. The van der Waals surface area contributed by atoms with E-state index in [4.69, 9.17) is 10.5 Å². The summed E-state index contributed by atoms with van der Waals surface area (Å²) < 4.78 is 5.90. The average molecular weight is 290 g/mol. The van der Waals surface area contributed by atoms with E-state index in [1.807, 2.05) is 24.3 Å². The summed E-state index contributed by atoms with van der Waals surface area (Å²) in [6.07, 6.45) is 2.62. The average Bonchev–Trinajstić information content (AvgIpc) is 2.47. The van der Waals surface area contributed by atoms with Crippen molar-refractivity contribution in [3.8, 4) is 5.75 Å². The zero-order chi connectivity index (χ0) is 15.3. The summed E-state index contributed by atoms with van der Waals surface area (Å²) in [5, 5.41) is 0. The molecule has 1 aliphatic rings. The fourth-order valence-electron chi connectivity index (χ4n) is 3.12. The van der Waals surface area contributed by atoms with Crippen LogP contribution in [0.4, 0.5) is 0 Å². The fourth-order valence-corrected chi connectivity index (χ4v) is 3.12. The van der Waals surface area contributed by atoms with Crippen molar-refractivity contribution in [3.05, 3.63) is 29.8 Å². The minimum absolute atomic E-state index is 0.447. The van der Waals surface area contributed by atoms with E-state index in [2.05, 4.69) is 25.7 Å². The Hall–Kier alpha value is -1.06. The molecule has 0 aliphatic carbocycles. The highest BCUT2D eigenvalue weighted by Gasteiger charge is 2.28. The highest BCUT2D eigenvalue weighted by Crippen LogP contribution is 2.34. The lowest BCUT2D eigenvalue weighted by Crippen LogP contribution is -2.39. The van der Waals surface area contributed by atoms with Crippen molar-refractivity contribution in [2.45, 2.75) is 40.2 Å². The lowest BCUT2D eigenvalue weighted by atomic mass is 9.75. The molecule has 0 amide bonds. The standard InChI is InChI=1S/C18H30N2O/c1-18(2,3)16-8-10-20(11-9-16)12-13-21-17-7-5-4-6-15(17)14-19/h4-7,16H,8-14,19H2,1-3H3. The van der Waals surface area contributed by atoms with Crippen LogP contribution in [0.15, 0.2) is 24.3 Å². The van der Waals surface area contributed by atoms with Gasteiger partial charge in [-0.05, 0) is 43.3 Å². The van der Waals surface area contributed by atoms with E-state index in [0.29, 0.717) is 12.0 Å². The predicted octanol–water partition coefficient (Wildman–Crippen LogP) is 3.28. The van der Waals surface area contributed by atoms with Crippen molar-refractivity contribution in [1.82, 2.24) is 4.90 Å². The molecule has 1 heterocycles. The van der Waals surface area contributed by atoms with E-state index in [1.54, 1.807) is 0 Å². The molecule has 21 heavy (non-hydrogen) atoms. The third-order valence-electron chi connectivity index (χ3n) is 4.67. The van der Waals surface area contributed by atoms with Crippen LogP contribution in [-0.4, -0.2) is 31.1 Å². The number of piperidine rings is 1. The Morgan fingerprint density at radius 3 is 2.48 bits per heavy atom. The minimum atomic E-state index is 0.447. The number of likely N-dealkylation sites (tertiary alicyclic amines) is 1. The Morgan fingerprint density at radius 2 is 1.86 bits per heavy atom. The molecule has 2 rings (SSSR count). The number of hydrogen-bond acceptors (Lipinski definition) is 3. The van der Waals surface area contributed by atoms with E-state index in [1.165, 1.54) is 25.9 Å². The summed E-state index contributed by atoms with van der Waals surface area (Å²) in [4.78, 5) is 2.52. The van der Waals surface area contributed by atoms with Gasteiger partial charge in [-0.15, -0.1) is 0 Å². The molecule has 0 unspecified atom stereocenters. The first-order valence-electron chi connectivity index (χ1n) is 8.14. The van der Waals surface area contributed by atoms with Gasteiger partial charge in [0.05, 0.1) is 0 Å². The van der Waals surface area contributed by atoms with Gasteiger partial charge in [0.2, 0.25) is 0 Å². The van der Waals surface area contributed by atoms with Gasteiger partial charge in [-0.25, -0.2) is 0 Å². The van der Waals surface area contributed by atoms with Gasteiger partial charge in [-0.3, -0.25) is 4.90 Å². The first-order chi connectivity index (χ1) is 10.0. The number of benzene rings is 1.